The van der Waals surface area contributed by atoms with Crippen LogP contribution in [-0.4, -0.2) is 49.1 Å². The van der Waals surface area contributed by atoms with Crippen LogP contribution in [0.3, 0.4) is 0 Å². The summed E-state index contributed by atoms with van der Waals surface area (Å²) < 4.78 is 13.0. The molecule has 1 atom stereocenters. The fourth-order valence-electron chi connectivity index (χ4n) is 3.02. The molecule has 2 N–H and O–H groups in total. The Morgan fingerprint density at radius 3 is 2.79 bits per heavy atom. The molecular weight excluding hydrogens is 366 g/mol. The summed E-state index contributed by atoms with van der Waals surface area (Å²) in [6.07, 6.45) is 5.76. The minimum atomic E-state index is 0.418. The molecule has 7 heteroatoms. The maximum atomic E-state index is 5.66. The summed E-state index contributed by atoms with van der Waals surface area (Å²) in [4.78, 5) is 4.72. The van der Waals surface area contributed by atoms with E-state index in [-0.39, 0.29) is 0 Å². The molecule has 0 aliphatic rings. The Balaban J connectivity index is 1.79. The number of aryl methyl sites for hydroxylation is 1. The third kappa shape index (κ3) is 8.05. The minimum Gasteiger partial charge on any atom is -0.493 e. The second-order valence-electron chi connectivity index (χ2n) is 7.00. The molecule has 1 aromatic heterocycles. The van der Waals surface area contributed by atoms with Gasteiger partial charge in [-0.15, -0.1) is 0 Å². The van der Waals surface area contributed by atoms with Crippen molar-refractivity contribution in [3.8, 4) is 11.5 Å². The van der Waals surface area contributed by atoms with Crippen LogP contribution >= 0.6 is 0 Å². The van der Waals surface area contributed by atoms with Crippen molar-refractivity contribution in [1.82, 2.24) is 20.4 Å². The first-order valence-corrected chi connectivity index (χ1v) is 10.5. The summed E-state index contributed by atoms with van der Waals surface area (Å²) >= 11 is 0. The van der Waals surface area contributed by atoms with Crippen LogP contribution in [0.5, 0.6) is 11.5 Å². The summed E-state index contributed by atoms with van der Waals surface area (Å²) in [6, 6.07) is 8.08. The summed E-state index contributed by atoms with van der Waals surface area (Å²) in [5, 5.41) is 11.0. The predicted octanol–water partition coefficient (Wildman–Crippen LogP) is 3.11. The lowest BCUT2D eigenvalue weighted by atomic mass is 10.1. The Morgan fingerprint density at radius 2 is 2.10 bits per heavy atom. The Bertz CT molecular complexity index is 731. The maximum absolute atomic E-state index is 5.66. The zero-order valence-corrected chi connectivity index (χ0v) is 18.1. The first kappa shape index (κ1) is 22.6. The Labute approximate surface area is 174 Å². The molecule has 2 rings (SSSR count). The van der Waals surface area contributed by atoms with Crippen LogP contribution in [0.4, 0.5) is 0 Å². The van der Waals surface area contributed by atoms with Crippen LogP contribution in [-0.2, 0) is 13.0 Å². The van der Waals surface area contributed by atoms with E-state index in [0.717, 1.165) is 56.5 Å². The number of aromatic nitrogens is 2. The van der Waals surface area contributed by atoms with Gasteiger partial charge in [0.2, 0.25) is 0 Å². The molecule has 0 fully saturated rings. The van der Waals surface area contributed by atoms with E-state index in [1.54, 1.807) is 7.11 Å². The van der Waals surface area contributed by atoms with Gasteiger partial charge in [-0.25, -0.2) is 0 Å². The lowest BCUT2D eigenvalue weighted by Crippen LogP contribution is -2.38. The van der Waals surface area contributed by atoms with E-state index in [1.165, 1.54) is 5.56 Å². The number of benzene rings is 1. The van der Waals surface area contributed by atoms with Crippen molar-refractivity contribution >= 4 is 5.96 Å². The van der Waals surface area contributed by atoms with Crippen LogP contribution in [0.25, 0.3) is 0 Å². The minimum absolute atomic E-state index is 0.418. The lowest BCUT2D eigenvalue weighted by Gasteiger charge is -2.14. The van der Waals surface area contributed by atoms with E-state index in [0.29, 0.717) is 12.5 Å². The molecule has 160 valence electrons. The van der Waals surface area contributed by atoms with Gasteiger partial charge >= 0.3 is 0 Å². The number of methoxy groups -OCH3 is 1. The van der Waals surface area contributed by atoms with E-state index < -0.39 is 0 Å². The molecule has 0 radical (unpaired) electrons. The number of ether oxygens (including phenoxy) is 2. The highest BCUT2D eigenvalue weighted by molar-refractivity contribution is 5.79. The van der Waals surface area contributed by atoms with Crippen molar-refractivity contribution < 1.29 is 9.47 Å². The summed E-state index contributed by atoms with van der Waals surface area (Å²) in [6.45, 7) is 10.2. The highest BCUT2D eigenvalue weighted by atomic mass is 16.5. The van der Waals surface area contributed by atoms with Crippen molar-refractivity contribution in [2.45, 2.75) is 40.2 Å². The third-order valence-corrected chi connectivity index (χ3v) is 4.43. The van der Waals surface area contributed by atoms with Crippen molar-refractivity contribution in [3.63, 3.8) is 0 Å². The molecule has 0 saturated carbocycles. The van der Waals surface area contributed by atoms with Crippen LogP contribution in [0, 0.1) is 5.92 Å². The Morgan fingerprint density at radius 1 is 1.24 bits per heavy atom. The highest BCUT2D eigenvalue weighted by Gasteiger charge is 2.06. The van der Waals surface area contributed by atoms with Gasteiger partial charge in [0.1, 0.15) is 0 Å². The predicted molar refractivity (Wildman–Crippen MR) is 118 cm³/mol. The third-order valence-electron chi connectivity index (χ3n) is 4.43. The number of aliphatic imine (C=N–C) groups is 1. The number of hydrogen-bond acceptors (Lipinski definition) is 4. The number of rotatable bonds is 12. The van der Waals surface area contributed by atoms with Gasteiger partial charge in [-0.1, -0.05) is 13.0 Å². The van der Waals surface area contributed by atoms with Crippen molar-refractivity contribution in [1.29, 1.82) is 0 Å². The molecular formula is C22H35N5O2. The second kappa shape index (κ2) is 12.7. The quantitative estimate of drug-likeness (QED) is 0.325. The first-order valence-electron chi connectivity index (χ1n) is 10.5. The van der Waals surface area contributed by atoms with E-state index in [4.69, 9.17) is 14.5 Å². The molecule has 1 unspecified atom stereocenters. The van der Waals surface area contributed by atoms with Gasteiger partial charge in [0.15, 0.2) is 17.5 Å². The monoisotopic (exact) mass is 401 g/mol. The highest BCUT2D eigenvalue weighted by Crippen LogP contribution is 2.28. The first-order chi connectivity index (χ1) is 14.2. The molecule has 0 aliphatic heterocycles. The lowest BCUT2D eigenvalue weighted by molar-refractivity contribution is 0.310. The standard InChI is InChI=1S/C22H35N5O2/c1-5-23-22(25-16-18(3)17-27-14-8-13-26-27)24-12-7-9-19-10-11-20(28-4)21(15-19)29-6-2/h8,10-11,13-15,18H,5-7,9,12,16-17H2,1-4H3,(H2,23,24,25). The van der Waals surface area contributed by atoms with E-state index in [1.807, 2.05) is 36.1 Å². The second-order valence-corrected chi connectivity index (χ2v) is 7.00. The van der Waals surface area contributed by atoms with Crippen molar-refractivity contribution in [2.75, 3.05) is 33.4 Å². The fourth-order valence-corrected chi connectivity index (χ4v) is 3.02. The average Bonchev–Trinajstić information content (AvgIpc) is 3.22. The molecule has 2 aromatic rings. The van der Waals surface area contributed by atoms with Gasteiger partial charge < -0.3 is 20.1 Å². The summed E-state index contributed by atoms with van der Waals surface area (Å²) in [7, 11) is 1.67. The zero-order chi connectivity index (χ0) is 20.9. The van der Waals surface area contributed by atoms with Gasteiger partial charge in [0, 0.05) is 38.6 Å². The molecule has 0 amide bonds. The van der Waals surface area contributed by atoms with E-state index in [2.05, 4.69) is 41.7 Å². The van der Waals surface area contributed by atoms with Crippen LogP contribution < -0.4 is 20.1 Å². The van der Waals surface area contributed by atoms with Gasteiger partial charge in [0.05, 0.1) is 13.7 Å². The molecule has 0 aliphatic carbocycles. The SMILES string of the molecule is CCNC(=NCC(C)Cn1cccn1)NCCCc1ccc(OC)c(OCC)c1. The number of nitrogens with zero attached hydrogens (tertiary/aromatic N) is 3. The Kier molecular flexibility index (Phi) is 9.89. The number of hydrogen-bond donors (Lipinski definition) is 2. The van der Waals surface area contributed by atoms with Crippen molar-refractivity contribution in [3.05, 3.63) is 42.2 Å². The van der Waals surface area contributed by atoms with Gasteiger partial charge in [-0.2, -0.15) is 5.10 Å². The molecule has 0 spiro atoms. The molecule has 1 aromatic carbocycles. The largest absolute Gasteiger partial charge is 0.493 e. The van der Waals surface area contributed by atoms with Crippen LogP contribution in [0.15, 0.2) is 41.7 Å². The topological polar surface area (TPSA) is 72.7 Å². The summed E-state index contributed by atoms with van der Waals surface area (Å²) in [5.41, 5.74) is 1.24. The van der Waals surface area contributed by atoms with Crippen molar-refractivity contribution in [2.24, 2.45) is 10.9 Å². The maximum Gasteiger partial charge on any atom is 0.191 e. The molecule has 7 nitrogen and oxygen atoms in total. The van der Waals surface area contributed by atoms with E-state index in [9.17, 15) is 0 Å². The van der Waals surface area contributed by atoms with Crippen LogP contribution in [0.1, 0.15) is 32.8 Å². The molecule has 0 saturated heterocycles. The van der Waals surface area contributed by atoms with Gasteiger partial charge in [-0.05, 0) is 56.4 Å². The molecule has 0 bridgehead atoms. The average molecular weight is 402 g/mol. The number of guanidine groups is 1. The fraction of sp³-hybridized carbons (Fsp3) is 0.545. The summed E-state index contributed by atoms with van der Waals surface area (Å²) in [5.74, 6) is 2.87. The van der Waals surface area contributed by atoms with E-state index >= 15 is 0 Å². The number of nitrogens with one attached hydrogen (secondary N) is 2. The molecule has 1 heterocycles. The zero-order valence-electron chi connectivity index (χ0n) is 18.1. The van der Waals surface area contributed by atoms with Gasteiger partial charge in [-0.3, -0.25) is 9.67 Å². The van der Waals surface area contributed by atoms with Gasteiger partial charge in [0.25, 0.3) is 0 Å². The Hall–Kier alpha value is -2.70. The smallest absolute Gasteiger partial charge is 0.191 e. The normalized spacial score (nSPS) is 12.5. The van der Waals surface area contributed by atoms with Crippen LogP contribution in [0.2, 0.25) is 0 Å². The molecule has 29 heavy (non-hydrogen) atoms.